The molecule has 2 aromatic rings. The summed E-state index contributed by atoms with van der Waals surface area (Å²) in [5.74, 6) is 0.211. The van der Waals surface area contributed by atoms with Crippen molar-refractivity contribution in [2.45, 2.75) is 64.9 Å². The summed E-state index contributed by atoms with van der Waals surface area (Å²) in [6, 6.07) is 6.44. The summed E-state index contributed by atoms with van der Waals surface area (Å²) >= 11 is 0. The normalized spacial score (nSPS) is 24.4. The molecular weight excluding hydrogens is 339 g/mol. The Morgan fingerprint density at radius 1 is 1.22 bits per heavy atom. The number of benzene rings is 1. The number of aliphatic hydroxyl groups is 1. The van der Waals surface area contributed by atoms with Crippen LogP contribution in [0.3, 0.4) is 0 Å². The van der Waals surface area contributed by atoms with Gasteiger partial charge in [-0.1, -0.05) is 31.8 Å². The van der Waals surface area contributed by atoms with Crippen molar-refractivity contribution in [1.29, 1.82) is 0 Å². The van der Waals surface area contributed by atoms with Crippen molar-refractivity contribution >= 4 is 6.08 Å². The van der Waals surface area contributed by atoms with Gasteiger partial charge >= 0.3 is 0 Å². The maximum atomic E-state index is 13.2. The maximum Gasteiger partial charge on any atom is 0.123 e. The predicted octanol–water partition coefficient (Wildman–Crippen LogP) is 5.31. The molecule has 1 N–H and O–H groups in total. The van der Waals surface area contributed by atoms with Gasteiger partial charge in [0.15, 0.2) is 0 Å². The van der Waals surface area contributed by atoms with E-state index in [9.17, 15) is 9.50 Å². The first-order chi connectivity index (χ1) is 13.0. The Morgan fingerprint density at radius 2 is 1.93 bits per heavy atom. The van der Waals surface area contributed by atoms with E-state index in [2.05, 4.69) is 25.0 Å². The van der Waals surface area contributed by atoms with Crippen LogP contribution >= 0.6 is 0 Å². The average Bonchev–Trinajstić information content (AvgIpc) is 3.05. The molecule has 27 heavy (non-hydrogen) atoms. The third-order valence-corrected chi connectivity index (χ3v) is 6.70. The molecule has 2 unspecified atom stereocenters. The summed E-state index contributed by atoms with van der Waals surface area (Å²) in [5.41, 5.74) is 4.38. The van der Waals surface area contributed by atoms with Crippen molar-refractivity contribution in [2.75, 3.05) is 0 Å². The molecule has 0 spiro atoms. The Kier molecular flexibility index (Phi) is 4.94. The molecule has 2 aliphatic carbocycles. The first-order valence-electron chi connectivity index (χ1n) is 10.2. The molecule has 0 radical (unpaired) electrons. The van der Waals surface area contributed by atoms with Gasteiger partial charge in [-0.25, -0.2) is 9.07 Å². The van der Waals surface area contributed by atoms with Crippen LogP contribution in [0.4, 0.5) is 4.39 Å². The highest BCUT2D eigenvalue weighted by atomic mass is 19.1. The summed E-state index contributed by atoms with van der Waals surface area (Å²) in [5, 5.41) is 15.4. The van der Waals surface area contributed by atoms with Gasteiger partial charge < -0.3 is 5.11 Å². The van der Waals surface area contributed by atoms with Gasteiger partial charge in [0.25, 0.3) is 0 Å². The van der Waals surface area contributed by atoms with Crippen LogP contribution in [0, 0.1) is 17.2 Å². The topological polar surface area (TPSA) is 38.0 Å². The number of hydrogen-bond acceptors (Lipinski definition) is 2. The van der Waals surface area contributed by atoms with Gasteiger partial charge in [-0.05, 0) is 79.8 Å². The summed E-state index contributed by atoms with van der Waals surface area (Å²) < 4.78 is 15.1. The lowest BCUT2D eigenvalue weighted by Crippen LogP contribution is -2.33. The molecule has 0 aliphatic heterocycles. The third-order valence-electron chi connectivity index (χ3n) is 6.70. The number of fused-ring (bicyclic) bond motifs is 1. The van der Waals surface area contributed by atoms with Gasteiger partial charge in [-0.2, -0.15) is 5.10 Å². The zero-order chi connectivity index (χ0) is 19.0. The van der Waals surface area contributed by atoms with Crippen molar-refractivity contribution in [3.05, 3.63) is 53.1 Å². The molecule has 1 heterocycles. The van der Waals surface area contributed by atoms with Gasteiger partial charge in [0.1, 0.15) is 5.82 Å². The molecule has 0 bridgehead atoms. The molecule has 3 nitrogen and oxygen atoms in total. The molecule has 1 aromatic heterocycles. The zero-order valence-electron chi connectivity index (χ0n) is 16.3. The van der Waals surface area contributed by atoms with Crippen molar-refractivity contribution < 1.29 is 9.50 Å². The summed E-state index contributed by atoms with van der Waals surface area (Å²) in [6.07, 6.45) is 11.7. The second kappa shape index (κ2) is 7.23. The van der Waals surface area contributed by atoms with Crippen molar-refractivity contribution in [2.24, 2.45) is 11.3 Å². The summed E-state index contributed by atoms with van der Waals surface area (Å²) in [7, 11) is 0. The van der Waals surface area contributed by atoms with Gasteiger partial charge in [0.05, 0.1) is 23.7 Å². The van der Waals surface area contributed by atoms with E-state index in [0.29, 0.717) is 5.92 Å². The van der Waals surface area contributed by atoms with Crippen LogP contribution in [0.15, 0.2) is 36.0 Å². The van der Waals surface area contributed by atoms with E-state index in [1.165, 1.54) is 42.5 Å². The first kappa shape index (κ1) is 18.4. The molecule has 2 aliphatic rings. The van der Waals surface area contributed by atoms with Crippen LogP contribution in [-0.2, 0) is 6.42 Å². The molecule has 1 saturated carbocycles. The highest BCUT2D eigenvalue weighted by Gasteiger charge is 2.36. The molecule has 0 amide bonds. The fourth-order valence-electron chi connectivity index (χ4n) is 4.79. The van der Waals surface area contributed by atoms with E-state index in [1.54, 1.807) is 12.1 Å². The minimum absolute atomic E-state index is 0.0411. The summed E-state index contributed by atoms with van der Waals surface area (Å²) in [6.45, 7) is 4.43. The van der Waals surface area contributed by atoms with Crippen LogP contribution in [0.5, 0.6) is 0 Å². The minimum atomic E-state index is -0.240. The fraction of sp³-hybridized carbons (Fsp3) is 0.522. The van der Waals surface area contributed by atoms with E-state index < -0.39 is 0 Å². The van der Waals surface area contributed by atoms with Crippen molar-refractivity contribution in [3.63, 3.8) is 0 Å². The average molecular weight is 368 g/mol. The van der Waals surface area contributed by atoms with Gasteiger partial charge in [0.2, 0.25) is 0 Å². The number of aliphatic hydroxyl groups excluding tert-OH is 1. The van der Waals surface area contributed by atoms with Gasteiger partial charge in [-0.3, -0.25) is 0 Å². The van der Waals surface area contributed by atoms with E-state index in [-0.39, 0.29) is 17.3 Å². The minimum Gasteiger partial charge on any atom is -0.393 e. The highest BCUT2D eigenvalue weighted by molar-refractivity contribution is 5.60. The molecule has 1 fully saturated rings. The Hall–Kier alpha value is -1.94. The first-order valence-corrected chi connectivity index (χ1v) is 10.2. The zero-order valence-corrected chi connectivity index (χ0v) is 16.3. The molecule has 0 saturated heterocycles. The van der Waals surface area contributed by atoms with E-state index in [0.717, 1.165) is 37.1 Å². The SMILES string of the molecule is CC1=Cc2c(cnn2-c2ccc(F)cc2)CC1(C)CC(O)C1CCCCC1. The van der Waals surface area contributed by atoms with Crippen molar-refractivity contribution in [3.8, 4) is 5.69 Å². The fourth-order valence-corrected chi connectivity index (χ4v) is 4.79. The Labute approximate surface area is 160 Å². The molecular formula is C23H29FN2O. The monoisotopic (exact) mass is 368 g/mol. The molecule has 4 heteroatoms. The Balaban J connectivity index is 1.57. The smallest absolute Gasteiger partial charge is 0.123 e. The number of nitrogens with zero attached hydrogens (tertiary/aromatic N) is 2. The number of rotatable bonds is 4. The Bertz CT molecular complexity index is 833. The molecule has 2 atom stereocenters. The molecule has 144 valence electrons. The third kappa shape index (κ3) is 3.60. The number of hydrogen-bond donors (Lipinski definition) is 1. The van der Waals surface area contributed by atoms with Crippen LogP contribution in [0.2, 0.25) is 0 Å². The van der Waals surface area contributed by atoms with Crippen LogP contribution in [-0.4, -0.2) is 21.0 Å². The largest absolute Gasteiger partial charge is 0.393 e. The molecule has 4 rings (SSSR count). The van der Waals surface area contributed by atoms with Gasteiger partial charge in [0, 0.05) is 0 Å². The highest BCUT2D eigenvalue weighted by Crippen LogP contribution is 2.44. The lowest BCUT2D eigenvalue weighted by Gasteiger charge is -2.38. The lowest BCUT2D eigenvalue weighted by atomic mass is 9.68. The lowest BCUT2D eigenvalue weighted by molar-refractivity contribution is 0.0485. The van der Waals surface area contributed by atoms with E-state index in [4.69, 9.17) is 0 Å². The van der Waals surface area contributed by atoms with E-state index >= 15 is 0 Å². The second-order valence-corrected chi connectivity index (χ2v) is 8.68. The number of aromatic nitrogens is 2. The predicted molar refractivity (Wildman–Crippen MR) is 106 cm³/mol. The standard InChI is InChI=1S/C23H29FN2O/c1-16-12-21-18(15-25-26(21)20-10-8-19(24)9-11-20)13-23(16,2)14-22(27)17-6-4-3-5-7-17/h8-12,15,17,22,27H,3-7,13-14H2,1-2H3. The quantitative estimate of drug-likeness (QED) is 0.794. The number of allylic oxidation sites excluding steroid dienone is 1. The van der Waals surface area contributed by atoms with Crippen LogP contribution in [0.1, 0.15) is 63.6 Å². The summed E-state index contributed by atoms with van der Waals surface area (Å²) in [4.78, 5) is 0. The van der Waals surface area contributed by atoms with Crippen LogP contribution in [0.25, 0.3) is 11.8 Å². The van der Waals surface area contributed by atoms with Crippen LogP contribution < -0.4 is 0 Å². The Morgan fingerprint density at radius 3 is 2.63 bits per heavy atom. The van der Waals surface area contributed by atoms with Crippen molar-refractivity contribution in [1.82, 2.24) is 9.78 Å². The van der Waals surface area contributed by atoms with E-state index in [1.807, 2.05) is 10.9 Å². The number of halogens is 1. The maximum absolute atomic E-state index is 13.2. The molecule has 1 aromatic carbocycles. The second-order valence-electron chi connectivity index (χ2n) is 8.68. The van der Waals surface area contributed by atoms with Gasteiger partial charge in [-0.15, -0.1) is 0 Å².